The number of hydrogen-bond donors (Lipinski definition) is 1. The molecular formula is C21H23BrN2O4. The van der Waals surface area contributed by atoms with Gasteiger partial charge in [0.1, 0.15) is 0 Å². The molecule has 0 atom stereocenters. The van der Waals surface area contributed by atoms with Crippen LogP contribution in [0.5, 0.6) is 11.5 Å². The molecule has 1 heterocycles. The van der Waals surface area contributed by atoms with E-state index in [-0.39, 0.29) is 24.5 Å². The van der Waals surface area contributed by atoms with Crippen molar-refractivity contribution in [1.82, 2.24) is 10.2 Å². The van der Waals surface area contributed by atoms with E-state index in [1.165, 1.54) is 0 Å². The van der Waals surface area contributed by atoms with Gasteiger partial charge in [-0.1, -0.05) is 28.1 Å². The molecule has 3 rings (SSSR count). The lowest BCUT2D eigenvalue weighted by Gasteiger charge is -2.32. The molecule has 6 nitrogen and oxygen atoms in total. The predicted octanol–water partition coefficient (Wildman–Crippen LogP) is 3.26. The average Bonchev–Trinajstić information content (AvgIpc) is 2.73. The summed E-state index contributed by atoms with van der Waals surface area (Å²) in [6, 6.07) is 14.6. The summed E-state index contributed by atoms with van der Waals surface area (Å²) in [5.41, 5.74) is 0.677. The number of carbonyl (C=O) groups is 2. The third kappa shape index (κ3) is 5.25. The van der Waals surface area contributed by atoms with Gasteiger partial charge in [0.25, 0.3) is 11.8 Å². The van der Waals surface area contributed by atoms with Crippen molar-refractivity contribution in [2.75, 3.05) is 26.8 Å². The van der Waals surface area contributed by atoms with E-state index in [9.17, 15) is 9.59 Å². The van der Waals surface area contributed by atoms with Crippen LogP contribution >= 0.6 is 15.9 Å². The van der Waals surface area contributed by atoms with Gasteiger partial charge >= 0.3 is 0 Å². The number of methoxy groups -OCH3 is 1. The first kappa shape index (κ1) is 20.2. The van der Waals surface area contributed by atoms with Gasteiger partial charge < -0.3 is 19.7 Å². The van der Waals surface area contributed by atoms with Crippen molar-refractivity contribution in [3.63, 3.8) is 0 Å². The molecule has 0 saturated carbocycles. The SMILES string of the molecule is COc1ccccc1OCC(=O)NC1CCN(C(=O)c2ccc(Br)cc2)CC1. The van der Waals surface area contributed by atoms with E-state index in [4.69, 9.17) is 9.47 Å². The standard InChI is InChI=1S/C21H23BrN2O4/c1-27-18-4-2-3-5-19(18)28-14-20(25)23-17-10-12-24(13-11-17)21(26)15-6-8-16(22)9-7-15/h2-9,17H,10-14H2,1H3,(H,23,25). The summed E-state index contributed by atoms with van der Waals surface area (Å²) in [6.07, 6.45) is 1.45. The molecule has 1 aliphatic heterocycles. The van der Waals surface area contributed by atoms with E-state index >= 15 is 0 Å². The highest BCUT2D eigenvalue weighted by atomic mass is 79.9. The number of hydrogen-bond acceptors (Lipinski definition) is 4. The van der Waals surface area contributed by atoms with Gasteiger partial charge in [-0.05, 0) is 49.2 Å². The number of nitrogens with one attached hydrogen (secondary N) is 1. The zero-order valence-electron chi connectivity index (χ0n) is 15.7. The van der Waals surface area contributed by atoms with Crippen molar-refractivity contribution in [2.24, 2.45) is 0 Å². The molecule has 2 aromatic rings. The Morgan fingerprint density at radius 2 is 1.71 bits per heavy atom. The number of rotatable bonds is 6. The molecule has 0 unspecified atom stereocenters. The molecule has 7 heteroatoms. The maximum absolute atomic E-state index is 12.6. The maximum atomic E-state index is 12.6. The number of likely N-dealkylation sites (tertiary alicyclic amines) is 1. The second kappa shape index (κ2) is 9.59. The van der Waals surface area contributed by atoms with E-state index in [0.29, 0.717) is 30.2 Å². The molecule has 2 aromatic carbocycles. The smallest absolute Gasteiger partial charge is 0.258 e. The number of piperidine rings is 1. The number of amides is 2. The molecule has 1 fully saturated rings. The normalized spacial score (nSPS) is 14.4. The van der Waals surface area contributed by atoms with Crippen LogP contribution in [-0.4, -0.2) is 49.6 Å². The number of para-hydroxylation sites is 2. The summed E-state index contributed by atoms with van der Waals surface area (Å²) < 4.78 is 11.7. The van der Waals surface area contributed by atoms with Gasteiger partial charge in [0.2, 0.25) is 0 Å². The highest BCUT2D eigenvalue weighted by Gasteiger charge is 2.24. The molecule has 0 aromatic heterocycles. The Balaban J connectivity index is 1.44. The fraction of sp³-hybridized carbons (Fsp3) is 0.333. The summed E-state index contributed by atoms with van der Waals surface area (Å²) in [6.45, 7) is 1.17. The summed E-state index contributed by atoms with van der Waals surface area (Å²) >= 11 is 3.37. The molecule has 2 amide bonds. The van der Waals surface area contributed by atoms with Crippen LogP contribution in [-0.2, 0) is 4.79 Å². The van der Waals surface area contributed by atoms with Crippen molar-refractivity contribution in [3.8, 4) is 11.5 Å². The quantitative estimate of drug-likeness (QED) is 0.739. The molecule has 0 aliphatic carbocycles. The molecule has 28 heavy (non-hydrogen) atoms. The van der Waals surface area contributed by atoms with E-state index in [2.05, 4.69) is 21.2 Å². The van der Waals surface area contributed by atoms with E-state index in [0.717, 1.165) is 17.3 Å². The van der Waals surface area contributed by atoms with Crippen LogP contribution < -0.4 is 14.8 Å². The zero-order chi connectivity index (χ0) is 19.9. The molecule has 1 saturated heterocycles. The monoisotopic (exact) mass is 446 g/mol. The van der Waals surface area contributed by atoms with E-state index in [1.54, 1.807) is 19.2 Å². The molecule has 0 bridgehead atoms. The Hall–Kier alpha value is -2.54. The lowest BCUT2D eigenvalue weighted by atomic mass is 10.0. The van der Waals surface area contributed by atoms with Crippen LogP contribution in [0.4, 0.5) is 0 Å². The molecule has 1 aliphatic rings. The first-order valence-electron chi connectivity index (χ1n) is 9.17. The largest absolute Gasteiger partial charge is 0.493 e. The molecule has 0 spiro atoms. The summed E-state index contributed by atoms with van der Waals surface area (Å²) in [5.74, 6) is 0.977. The minimum atomic E-state index is -0.177. The van der Waals surface area contributed by atoms with Crippen LogP contribution in [0.15, 0.2) is 53.0 Å². The number of nitrogens with zero attached hydrogens (tertiary/aromatic N) is 1. The fourth-order valence-corrected chi connectivity index (χ4v) is 3.42. The van der Waals surface area contributed by atoms with Gasteiger partial charge in [-0.25, -0.2) is 0 Å². The molecule has 0 radical (unpaired) electrons. The topological polar surface area (TPSA) is 67.9 Å². The van der Waals surface area contributed by atoms with Crippen LogP contribution in [0.3, 0.4) is 0 Å². The van der Waals surface area contributed by atoms with Crippen LogP contribution in [0.25, 0.3) is 0 Å². The number of carbonyl (C=O) groups excluding carboxylic acids is 2. The van der Waals surface area contributed by atoms with Crippen LogP contribution in [0.2, 0.25) is 0 Å². The highest BCUT2D eigenvalue weighted by Crippen LogP contribution is 2.25. The first-order valence-corrected chi connectivity index (χ1v) is 9.96. The Morgan fingerprint density at radius 3 is 2.36 bits per heavy atom. The van der Waals surface area contributed by atoms with Crippen LogP contribution in [0, 0.1) is 0 Å². The Morgan fingerprint density at radius 1 is 1.07 bits per heavy atom. The fourth-order valence-electron chi connectivity index (χ4n) is 3.15. The highest BCUT2D eigenvalue weighted by molar-refractivity contribution is 9.10. The van der Waals surface area contributed by atoms with Gasteiger partial charge in [0.05, 0.1) is 7.11 Å². The average molecular weight is 447 g/mol. The number of halogens is 1. The molecule has 1 N–H and O–H groups in total. The second-order valence-electron chi connectivity index (χ2n) is 6.58. The zero-order valence-corrected chi connectivity index (χ0v) is 17.3. The minimum Gasteiger partial charge on any atom is -0.493 e. The second-order valence-corrected chi connectivity index (χ2v) is 7.50. The number of ether oxygens (including phenoxy) is 2. The van der Waals surface area contributed by atoms with Gasteiger partial charge in [-0.15, -0.1) is 0 Å². The first-order chi connectivity index (χ1) is 13.6. The summed E-state index contributed by atoms with van der Waals surface area (Å²) in [4.78, 5) is 26.6. The van der Waals surface area contributed by atoms with Gasteiger partial charge in [-0.2, -0.15) is 0 Å². The van der Waals surface area contributed by atoms with Crippen molar-refractivity contribution in [3.05, 3.63) is 58.6 Å². The van der Waals surface area contributed by atoms with Gasteiger partial charge in [0, 0.05) is 29.2 Å². The van der Waals surface area contributed by atoms with Crippen molar-refractivity contribution in [1.29, 1.82) is 0 Å². The molecular weight excluding hydrogens is 424 g/mol. The van der Waals surface area contributed by atoms with Crippen LogP contribution in [0.1, 0.15) is 23.2 Å². The Kier molecular flexibility index (Phi) is 6.92. The van der Waals surface area contributed by atoms with Crippen molar-refractivity contribution < 1.29 is 19.1 Å². The van der Waals surface area contributed by atoms with E-state index in [1.807, 2.05) is 41.3 Å². The lowest BCUT2D eigenvalue weighted by Crippen LogP contribution is -2.47. The van der Waals surface area contributed by atoms with Gasteiger partial charge in [0.15, 0.2) is 18.1 Å². The maximum Gasteiger partial charge on any atom is 0.258 e. The van der Waals surface area contributed by atoms with E-state index < -0.39 is 0 Å². The lowest BCUT2D eigenvalue weighted by molar-refractivity contribution is -0.124. The Bertz CT molecular complexity index is 817. The predicted molar refractivity (Wildman–Crippen MR) is 110 cm³/mol. The van der Waals surface area contributed by atoms with Crippen molar-refractivity contribution in [2.45, 2.75) is 18.9 Å². The third-order valence-corrected chi connectivity index (χ3v) is 5.19. The molecule has 148 valence electrons. The minimum absolute atomic E-state index is 0.0248. The number of benzene rings is 2. The van der Waals surface area contributed by atoms with Crippen molar-refractivity contribution >= 4 is 27.7 Å². The summed E-state index contributed by atoms with van der Waals surface area (Å²) in [7, 11) is 1.56. The van der Waals surface area contributed by atoms with Gasteiger partial charge in [-0.3, -0.25) is 9.59 Å². The third-order valence-electron chi connectivity index (χ3n) is 4.67. The Labute approximate surface area is 172 Å². The summed E-state index contributed by atoms with van der Waals surface area (Å²) in [5, 5.41) is 2.98.